The first-order valence-corrected chi connectivity index (χ1v) is 7.66. The van der Waals surface area contributed by atoms with Crippen LogP contribution in [0.3, 0.4) is 0 Å². The van der Waals surface area contributed by atoms with E-state index in [0.717, 1.165) is 10.5 Å². The number of nitrogens with one attached hydrogen (secondary N) is 1. The van der Waals surface area contributed by atoms with E-state index in [-0.39, 0.29) is 5.91 Å². The Bertz CT molecular complexity index is 503. The van der Waals surface area contributed by atoms with Gasteiger partial charge in [0.1, 0.15) is 6.04 Å². The van der Waals surface area contributed by atoms with Crippen LogP contribution in [0.5, 0.6) is 0 Å². The van der Waals surface area contributed by atoms with E-state index in [1.807, 2.05) is 29.0 Å². The van der Waals surface area contributed by atoms with Gasteiger partial charge in [0.2, 0.25) is 5.91 Å². The van der Waals surface area contributed by atoms with Crippen molar-refractivity contribution < 1.29 is 14.7 Å². The van der Waals surface area contributed by atoms with Gasteiger partial charge in [-0.1, -0.05) is 12.2 Å². The molecule has 0 unspecified atom stereocenters. The number of thiophene rings is 1. The molecule has 1 aromatic rings. The molecule has 2 amide bonds. The molecule has 2 N–H and O–H groups in total. The van der Waals surface area contributed by atoms with Crippen molar-refractivity contribution in [2.45, 2.75) is 39.3 Å². The minimum atomic E-state index is -1.10. The van der Waals surface area contributed by atoms with Gasteiger partial charge in [-0.05, 0) is 50.1 Å². The molecule has 0 saturated heterocycles. The maximum atomic E-state index is 12.0. The number of carboxylic acid groups (broad SMARTS) is 1. The molecule has 0 aliphatic rings. The van der Waals surface area contributed by atoms with Crippen LogP contribution in [0, 0.1) is 0 Å². The molecule has 0 saturated carbocycles. The lowest BCUT2D eigenvalue weighted by Crippen LogP contribution is -2.55. The van der Waals surface area contributed by atoms with Crippen LogP contribution < -0.4 is 5.32 Å². The quantitative estimate of drug-likeness (QED) is 0.878. The zero-order valence-corrected chi connectivity index (χ0v) is 13.6. The molecule has 1 heterocycles. The highest BCUT2D eigenvalue weighted by atomic mass is 32.1. The molecule has 0 fully saturated rings. The number of hydrogen-bond acceptors (Lipinski definition) is 3. The van der Waals surface area contributed by atoms with Gasteiger partial charge in [-0.25, -0.2) is 4.79 Å². The lowest BCUT2D eigenvalue weighted by Gasteiger charge is -2.37. The summed E-state index contributed by atoms with van der Waals surface area (Å²) in [5.74, 6) is -0.303. The van der Waals surface area contributed by atoms with Crippen molar-refractivity contribution in [2.24, 2.45) is 0 Å². The number of carbonyl (C=O) groups is 2. The summed E-state index contributed by atoms with van der Waals surface area (Å²) in [4.78, 5) is 24.5. The molecule has 21 heavy (non-hydrogen) atoms. The van der Waals surface area contributed by atoms with Gasteiger partial charge < -0.3 is 10.4 Å². The second-order valence-corrected chi connectivity index (χ2v) is 6.48. The standard InChI is InChI=1S/C15H22N2O3S/c1-11(17(14(19)20)15(2,3)4)13(18)16-8-5-6-12-7-9-21-10-12/h5-7,9-11H,8H2,1-4H3,(H,16,18)(H,19,20)/b6-5+/t11-/m1/s1. The molecule has 6 heteroatoms. The molecule has 1 rings (SSSR count). The fourth-order valence-electron chi connectivity index (χ4n) is 2.02. The summed E-state index contributed by atoms with van der Waals surface area (Å²) in [5.41, 5.74) is 0.457. The van der Waals surface area contributed by atoms with Crippen LogP contribution in [0.25, 0.3) is 6.08 Å². The van der Waals surface area contributed by atoms with Gasteiger partial charge in [-0.2, -0.15) is 11.3 Å². The molecule has 0 spiro atoms. The van der Waals surface area contributed by atoms with E-state index in [0.29, 0.717) is 6.54 Å². The van der Waals surface area contributed by atoms with E-state index in [1.54, 1.807) is 39.0 Å². The molecule has 116 valence electrons. The molecule has 0 aromatic carbocycles. The topological polar surface area (TPSA) is 69.6 Å². The average Bonchev–Trinajstić information content (AvgIpc) is 2.85. The SMILES string of the molecule is C[C@H](C(=O)NC/C=C/c1ccsc1)N(C(=O)O)C(C)(C)C. The Morgan fingerprint density at radius 2 is 2.14 bits per heavy atom. The molecule has 1 atom stereocenters. The average molecular weight is 310 g/mol. The summed E-state index contributed by atoms with van der Waals surface area (Å²) in [5, 5.41) is 16.0. The van der Waals surface area contributed by atoms with Crippen LogP contribution in [-0.2, 0) is 4.79 Å². The lowest BCUT2D eigenvalue weighted by molar-refractivity contribution is -0.126. The summed E-state index contributed by atoms with van der Waals surface area (Å²) in [6.07, 6.45) is 2.66. The van der Waals surface area contributed by atoms with E-state index in [4.69, 9.17) is 0 Å². The minimum absolute atomic E-state index is 0.303. The largest absolute Gasteiger partial charge is 0.465 e. The Hall–Kier alpha value is -1.82. The number of hydrogen-bond donors (Lipinski definition) is 2. The maximum Gasteiger partial charge on any atom is 0.408 e. The Kier molecular flexibility index (Phi) is 5.96. The molecule has 5 nitrogen and oxygen atoms in total. The highest BCUT2D eigenvalue weighted by Gasteiger charge is 2.34. The predicted octanol–water partition coefficient (Wildman–Crippen LogP) is 3.04. The first-order chi connectivity index (χ1) is 9.73. The Morgan fingerprint density at radius 1 is 1.48 bits per heavy atom. The van der Waals surface area contributed by atoms with E-state index in [9.17, 15) is 14.7 Å². The Labute approximate surface area is 129 Å². The summed E-state index contributed by atoms with van der Waals surface area (Å²) in [6, 6.07) is 1.24. The van der Waals surface area contributed by atoms with E-state index in [1.165, 1.54) is 0 Å². The molecular weight excluding hydrogens is 288 g/mol. The van der Waals surface area contributed by atoms with Gasteiger partial charge in [-0.3, -0.25) is 9.69 Å². The van der Waals surface area contributed by atoms with Crippen molar-refractivity contribution in [3.8, 4) is 0 Å². The van der Waals surface area contributed by atoms with E-state index < -0.39 is 17.7 Å². The molecular formula is C15H22N2O3S. The fraction of sp³-hybridized carbons (Fsp3) is 0.467. The van der Waals surface area contributed by atoms with Crippen LogP contribution in [0.2, 0.25) is 0 Å². The first kappa shape index (κ1) is 17.2. The van der Waals surface area contributed by atoms with E-state index in [2.05, 4.69) is 5.32 Å². The van der Waals surface area contributed by atoms with Crippen molar-refractivity contribution in [1.29, 1.82) is 0 Å². The Balaban J connectivity index is 2.55. The van der Waals surface area contributed by atoms with Gasteiger partial charge >= 0.3 is 6.09 Å². The van der Waals surface area contributed by atoms with Crippen LogP contribution in [0.1, 0.15) is 33.3 Å². The molecule has 0 radical (unpaired) electrons. The zero-order chi connectivity index (χ0) is 16.0. The second-order valence-electron chi connectivity index (χ2n) is 5.70. The summed E-state index contributed by atoms with van der Waals surface area (Å²) >= 11 is 1.61. The normalized spacial score (nSPS) is 13.1. The fourth-order valence-corrected chi connectivity index (χ4v) is 2.65. The van der Waals surface area contributed by atoms with Gasteiger partial charge in [0.05, 0.1) is 0 Å². The van der Waals surface area contributed by atoms with Crippen molar-refractivity contribution in [2.75, 3.05) is 6.54 Å². The number of rotatable bonds is 5. The monoisotopic (exact) mass is 310 g/mol. The minimum Gasteiger partial charge on any atom is -0.465 e. The first-order valence-electron chi connectivity index (χ1n) is 6.72. The summed E-state index contributed by atoms with van der Waals surface area (Å²) in [7, 11) is 0. The molecule has 1 aromatic heterocycles. The smallest absolute Gasteiger partial charge is 0.408 e. The van der Waals surface area contributed by atoms with E-state index >= 15 is 0 Å². The third-order valence-corrected chi connectivity index (χ3v) is 3.64. The van der Waals surface area contributed by atoms with Gasteiger partial charge in [0.25, 0.3) is 0 Å². The van der Waals surface area contributed by atoms with Gasteiger partial charge in [-0.15, -0.1) is 0 Å². The second kappa shape index (κ2) is 7.26. The van der Waals surface area contributed by atoms with Crippen molar-refractivity contribution in [3.63, 3.8) is 0 Å². The van der Waals surface area contributed by atoms with Gasteiger partial charge in [0, 0.05) is 12.1 Å². The number of nitrogens with zero attached hydrogens (tertiary/aromatic N) is 1. The van der Waals surface area contributed by atoms with Crippen molar-refractivity contribution in [3.05, 3.63) is 28.5 Å². The summed E-state index contributed by atoms with van der Waals surface area (Å²) < 4.78 is 0. The highest BCUT2D eigenvalue weighted by Crippen LogP contribution is 2.17. The van der Waals surface area contributed by atoms with Crippen LogP contribution in [0.15, 0.2) is 22.9 Å². The highest BCUT2D eigenvalue weighted by molar-refractivity contribution is 7.08. The third kappa shape index (κ3) is 5.23. The van der Waals surface area contributed by atoms with Crippen LogP contribution >= 0.6 is 11.3 Å². The number of carbonyl (C=O) groups excluding carboxylic acids is 1. The number of amides is 2. The van der Waals surface area contributed by atoms with Crippen molar-refractivity contribution >= 4 is 29.4 Å². The Morgan fingerprint density at radius 3 is 2.62 bits per heavy atom. The lowest BCUT2D eigenvalue weighted by atomic mass is 10.0. The molecule has 0 bridgehead atoms. The maximum absolute atomic E-state index is 12.0. The van der Waals surface area contributed by atoms with Crippen molar-refractivity contribution in [1.82, 2.24) is 10.2 Å². The van der Waals surface area contributed by atoms with Crippen LogP contribution in [-0.4, -0.2) is 40.1 Å². The summed E-state index contributed by atoms with van der Waals surface area (Å²) in [6.45, 7) is 7.26. The zero-order valence-electron chi connectivity index (χ0n) is 12.8. The third-order valence-electron chi connectivity index (χ3n) is 2.94. The van der Waals surface area contributed by atoms with Gasteiger partial charge in [0.15, 0.2) is 0 Å². The van der Waals surface area contributed by atoms with Crippen LogP contribution in [0.4, 0.5) is 4.79 Å². The molecule has 0 aliphatic heterocycles. The predicted molar refractivity (Wildman–Crippen MR) is 85.4 cm³/mol. The molecule has 0 aliphatic carbocycles.